The van der Waals surface area contributed by atoms with Crippen molar-refractivity contribution in [3.05, 3.63) is 18.2 Å². The topological polar surface area (TPSA) is 116 Å². The predicted octanol–water partition coefficient (Wildman–Crippen LogP) is 1.27. The van der Waals surface area contributed by atoms with Gasteiger partial charge in [-0.1, -0.05) is 13.3 Å². The van der Waals surface area contributed by atoms with E-state index in [1.165, 1.54) is 32.1 Å². The first kappa shape index (κ1) is 16.7. The average Bonchev–Trinajstić information content (AvgIpc) is 2.29. The smallest absolute Gasteiger partial charge is 0.294 e. The van der Waals surface area contributed by atoms with Crippen molar-refractivity contribution in [2.75, 3.05) is 19.4 Å². The molecule has 0 amide bonds. The number of nitrogens with two attached hydrogens (primary N) is 2. The number of benzene rings is 1. The van der Waals surface area contributed by atoms with E-state index in [4.69, 9.17) is 20.8 Å². The Kier molecular flexibility index (Phi) is 7.33. The lowest BCUT2D eigenvalue weighted by Gasteiger charge is -2.04. The molecular formula is C11H20N2O4S. The van der Waals surface area contributed by atoms with Gasteiger partial charge in [0.2, 0.25) is 0 Å². The fourth-order valence-electron chi connectivity index (χ4n) is 1.08. The van der Waals surface area contributed by atoms with E-state index in [0.29, 0.717) is 5.75 Å². The van der Waals surface area contributed by atoms with Crippen molar-refractivity contribution in [2.24, 2.45) is 5.73 Å². The molecule has 5 N–H and O–H groups in total. The summed E-state index contributed by atoms with van der Waals surface area (Å²) in [6, 6.07) is 3.72. The molecule has 0 heterocycles. The number of hydrogen-bond acceptors (Lipinski definition) is 5. The van der Waals surface area contributed by atoms with Crippen LogP contribution in [0.2, 0.25) is 0 Å². The molecular weight excluding hydrogens is 256 g/mol. The van der Waals surface area contributed by atoms with Crippen molar-refractivity contribution >= 4 is 15.8 Å². The Morgan fingerprint density at radius 2 is 2.00 bits per heavy atom. The maximum Gasteiger partial charge on any atom is 0.294 e. The average molecular weight is 276 g/mol. The van der Waals surface area contributed by atoms with E-state index in [0.717, 1.165) is 12.6 Å². The van der Waals surface area contributed by atoms with Crippen LogP contribution in [-0.2, 0) is 10.1 Å². The van der Waals surface area contributed by atoms with Gasteiger partial charge in [0.05, 0.1) is 17.7 Å². The van der Waals surface area contributed by atoms with E-state index >= 15 is 0 Å². The number of nitrogen functional groups attached to an aromatic ring is 1. The molecule has 7 heteroatoms. The Bertz CT molecular complexity index is 458. The minimum Gasteiger partial charge on any atom is -0.495 e. The molecule has 0 aliphatic rings. The second kappa shape index (κ2) is 7.91. The van der Waals surface area contributed by atoms with Crippen molar-refractivity contribution in [2.45, 2.75) is 24.7 Å². The van der Waals surface area contributed by atoms with Gasteiger partial charge >= 0.3 is 0 Å². The summed E-state index contributed by atoms with van der Waals surface area (Å²) >= 11 is 0. The van der Waals surface area contributed by atoms with Gasteiger partial charge in [0.25, 0.3) is 10.1 Å². The molecule has 0 aliphatic carbocycles. The third-order valence-electron chi connectivity index (χ3n) is 2.06. The summed E-state index contributed by atoms with van der Waals surface area (Å²) in [5.41, 5.74) is 10.7. The lowest BCUT2D eigenvalue weighted by atomic mass is 10.3. The fraction of sp³-hybridized carbons (Fsp3) is 0.455. The van der Waals surface area contributed by atoms with Crippen molar-refractivity contribution in [3.63, 3.8) is 0 Å². The highest BCUT2D eigenvalue weighted by Gasteiger charge is 2.11. The van der Waals surface area contributed by atoms with Gasteiger partial charge in [0, 0.05) is 0 Å². The Balaban J connectivity index is 0.000000494. The van der Waals surface area contributed by atoms with Gasteiger partial charge in [-0.15, -0.1) is 0 Å². The molecule has 0 saturated carbocycles. The first-order chi connectivity index (χ1) is 8.36. The zero-order valence-corrected chi connectivity index (χ0v) is 11.4. The number of anilines is 1. The lowest BCUT2D eigenvalue weighted by Crippen LogP contribution is -2.00. The molecule has 0 radical (unpaired) electrons. The Hall–Kier alpha value is -1.31. The third kappa shape index (κ3) is 5.85. The molecule has 18 heavy (non-hydrogen) atoms. The Labute approximate surface area is 108 Å². The van der Waals surface area contributed by atoms with Crippen LogP contribution in [0, 0.1) is 0 Å². The zero-order chi connectivity index (χ0) is 14.2. The minimum atomic E-state index is -4.19. The van der Waals surface area contributed by atoms with Gasteiger partial charge in [0.1, 0.15) is 5.75 Å². The highest BCUT2D eigenvalue weighted by molar-refractivity contribution is 7.85. The van der Waals surface area contributed by atoms with Gasteiger partial charge < -0.3 is 16.2 Å². The molecule has 0 atom stereocenters. The van der Waals surface area contributed by atoms with Crippen molar-refractivity contribution in [3.8, 4) is 5.75 Å². The minimum absolute atomic E-state index is 0.164. The third-order valence-corrected chi connectivity index (χ3v) is 2.91. The van der Waals surface area contributed by atoms with Gasteiger partial charge in [-0.25, -0.2) is 0 Å². The Morgan fingerprint density at radius 1 is 1.39 bits per heavy atom. The summed E-state index contributed by atoms with van der Waals surface area (Å²) < 4.78 is 34.8. The normalized spacial score (nSPS) is 10.4. The molecule has 104 valence electrons. The van der Waals surface area contributed by atoms with Crippen LogP contribution >= 0.6 is 0 Å². The largest absolute Gasteiger partial charge is 0.495 e. The fourth-order valence-corrected chi connectivity index (χ4v) is 1.59. The second-order valence-electron chi connectivity index (χ2n) is 3.52. The van der Waals surface area contributed by atoms with Gasteiger partial charge in [0.15, 0.2) is 0 Å². The number of rotatable bonds is 4. The second-order valence-corrected chi connectivity index (χ2v) is 4.94. The summed E-state index contributed by atoms with van der Waals surface area (Å²) in [5.74, 6) is 0.368. The van der Waals surface area contributed by atoms with E-state index in [2.05, 4.69) is 6.92 Å². The summed E-state index contributed by atoms with van der Waals surface area (Å²) in [5, 5.41) is 0. The number of unbranched alkanes of at least 4 members (excludes halogenated alkanes) is 1. The standard InChI is InChI=1S/C7H9NO4S.C4H11N/c1-12-7-3-2-5(4-6(7)8)13(9,10)11;1-2-3-4-5/h2-4H,8H2,1H3,(H,9,10,11);2-5H2,1H3. The molecule has 0 unspecified atom stereocenters. The molecule has 0 saturated heterocycles. The molecule has 6 nitrogen and oxygen atoms in total. The van der Waals surface area contributed by atoms with Crippen LogP contribution in [0.25, 0.3) is 0 Å². The highest BCUT2D eigenvalue weighted by atomic mass is 32.2. The van der Waals surface area contributed by atoms with Gasteiger partial charge in [-0.05, 0) is 31.2 Å². The predicted molar refractivity (Wildman–Crippen MR) is 71.2 cm³/mol. The van der Waals surface area contributed by atoms with Crippen molar-refractivity contribution < 1.29 is 17.7 Å². The van der Waals surface area contributed by atoms with Crippen LogP contribution in [-0.4, -0.2) is 26.6 Å². The van der Waals surface area contributed by atoms with Crippen LogP contribution < -0.4 is 16.2 Å². The van der Waals surface area contributed by atoms with E-state index in [1.807, 2.05) is 0 Å². The molecule has 0 spiro atoms. The Morgan fingerprint density at radius 3 is 2.28 bits per heavy atom. The maximum absolute atomic E-state index is 10.6. The molecule has 0 fully saturated rings. The summed E-state index contributed by atoms with van der Waals surface area (Å²) in [6.07, 6.45) is 2.39. The molecule has 1 aromatic rings. The van der Waals surface area contributed by atoms with Crippen LogP contribution in [0.3, 0.4) is 0 Å². The van der Waals surface area contributed by atoms with Crippen LogP contribution in [0.15, 0.2) is 23.1 Å². The first-order valence-corrected chi connectivity index (χ1v) is 6.91. The van der Waals surface area contributed by atoms with Gasteiger partial charge in [-0.2, -0.15) is 8.42 Å². The lowest BCUT2D eigenvalue weighted by molar-refractivity contribution is 0.416. The molecule has 1 rings (SSSR count). The zero-order valence-electron chi connectivity index (χ0n) is 10.6. The SMILES string of the molecule is CCCCN.COc1ccc(S(=O)(=O)O)cc1N. The van der Waals surface area contributed by atoms with Crippen molar-refractivity contribution in [1.29, 1.82) is 0 Å². The summed E-state index contributed by atoms with van der Waals surface area (Å²) in [6.45, 7) is 2.98. The summed E-state index contributed by atoms with van der Waals surface area (Å²) in [4.78, 5) is -0.245. The highest BCUT2D eigenvalue weighted by Crippen LogP contribution is 2.23. The van der Waals surface area contributed by atoms with Crippen LogP contribution in [0.1, 0.15) is 19.8 Å². The van der Waals surface area contributed by atoms with E-state index in [-0.39, 0.29) is 10.6 Å². The van der Waals surface area contributed by atoms with E-state index in [9.17, 15) is 8.42 Å². The van der Waals surface area contributed by atoms with Crippen LogP contribution in [0.5, 0.6) is 5.75 Å². The molecule has 0 aliphatic heterocycles. The monoisotopic (exact) mass is 276 g/mol. The number of hydrogen-bond donors (Lipinski definition) is 3. The van der Waals surface area contributed by atoms with Crippen molar-refractivity contribution in [1.82, 2.24) is 0 Å². The quantitative estimate of drug-likeness (QED) is 0.563. The molecule has 0 bridgehead atoms. The number of methoxy groups -OCH3 is 1. The van der Waals surface area contributed by atoms with E-state index in [1.54, 1.807) is 0 Å². The van der Waals surface area contributed by atoms with E-state index < -0.39 is 10.1 Å². The number of ether oxygens (including phenoxy) is 1. The van der Waals surface area contributed by atoms with Gasteiger partial charge in [-0.3, -0.25) is 4.55 Å². The molecule has 0 aromatic heterocycles. The molecule has 1 aromatic carbocycles. The summed E-state index contributed by atoms with van der Waals surface area (Å²) in [7, 11) is -2.77. The van der Waals surface area contributed by atoms with Crippen LogP contribution in [0.4, 0.5) is 5.69 Å². The first-order valence-electron chi connectivity index (χ1n) is 5.47. The maximum atomic E-state index is 10.6.